The summed E-state index contributed by atoms with van der Waals surface area (Å²) in [5, 5.41) is 18.2. The van der Waals surface area contributed by atoms with Gasteiger partial charge in [0.05, 0.1) is 17.3 Å². The number of hydrogen-bond acceptors (Lipinski definition) is 4. The summed E-state index contributed by atoms with van der Waals surface area (Å²) in [6.07, 6.45) is 3.88. The van der Waals surface area contributed by atoms with Gasteiger partial charge in [0.2, 0.25) is 0 Å². The molecule has 0 aliphatic carbocycles. The Bertz CT molecular complexity index is 297. The number of nitrogens with zero attached hydrogens (tertiary/aromatic N) is 2. The number of rotatable bonds is 6. The lowest BCUT2D eigenvalue weighted by Gasteiger charge is -2.24. The Hall–Kier alpha value is -0.840. The summed E-state index contributed by atoms with van der Waals surface area (Å²) in [5.74, 6) is 0. The van der Waals surface area contributed by atoms with Crippen LogP contribution >= 0.6 is 11.6 Å². The van der Waals surface area contributed by atoms with Crippen LogP contribution in [-0.4, -0.2) is 41.5 Å². The number of aromatic nitrogens is 1. The van der Waals surface area contributed by atoms with E-state index in [-0.39, 0.29) is 13.2 Å². The van der Waals surface area contributed by atoms with Crippen LogP contribution in [0, 0.1) is 0 Å². The Morgan fingerprint density at radius 2 is 2.07 bits per heavy atom. The van der Waals surface area contributed by atoms with E-state index in [0.717, 1.165) is 5.69 Å². The minimum Gasteiger partial charge on any atom is -0.396 e. The molecule has 1 aromatic heterocycles. The summed E-state index contributed by atoms with van der Waals surface area (Å²) >= 11 is 5.99. The van der Waals surface area contributed by atoms with Gasteiger partial charge in [0.1, 0.15) is 0 Å². The van der Waals surface area contributed by atoms with Crippen molar-refractivity contribution in [3.63, 3.8) is 0 Å². The third-order valence-corrected chi connectivity index (χ3v) is 2.34. The second-order valence-electron chi connectivity index (χ2n) is 3.11. The lowest BCUT2D eigenvalue weighted by Crippen LogP contribution is -2.28. The van der Waals surface area contributed by atoms with E-state index in [0.29, 0.717) is 24.5 Å². The van der Waals surface area contributed by atoms with Crippen molar-refractivity contribution in [3.05, 3.63) is 23.5 Å². The molecule has 5 heteroatoms. The zero-order valence-electron chi connectivity index (χ0n) is 8.43. The van der Waals surface area contributed by atoms with Crippen LogP contribution in [0.1, 0.15) is 6.42 Å². The third kappa shape index (κ3) is 3.66. The van der Waals surface area contributed by atoms with Crippen LogP contribution in [-0.2, 0) is 0 Å². The van der Waals surface area contributed by atoms with E-state index in [1.165, 1.54) is 0 Å². The number of aliphatic hydroxyl groups excluding tert-OH is 2. The van der Waals surface area contributed by atoms with Crippen molar-refractivity contribution in [1.82, 2.24) is 4.98 Å². The normalized spacial score (nSPS) is 10.3. The standard InChI is InChI=1S/C10H15ClN2O2/c11-9-8-12-3-2-10(9)13(5-7-15)4-1-6-14/h2-3,8,14-15H,1,4-7H2. The Morgan fingerprint density at radius 1 is 1.27 bits per heavy atom. The number of pyridine rings is 1. The first-order valence-electron chi connectivity index (χ1n) is 4.85. The van der Waals surface area contributed by atoms with Crippen LogP contribution in [0.2, 0.25) is 5.02 Å². The molecule has 0 aliphatic rings. The van der Waals surface area contributed by atoms with Crippen molar-refractivity contribution < 1.29 is 10.2 Å². The third-order valence-electron chi connectivity index (χ3n) is 2.05. The van der Waals surface area contributed by atoms with Gasteiger partial charge < -0.3 is 15.1 Å². The highest BCUT2D eigenvalue weighted by molar-refractivity contribution is 6.33. The van der Waals surface area contributed by atoms with E-state index in [2.05, 4.69) is 4.98 Å². The summed E-state index contributed by atoms with van der Waals surface area (Å²) in [5.41, 5.74) is 0.842. The predicted octanol–water partition coefficient (Wildman–Crippen LogP) is 0.916. The Kier molecular flexibility index (Phi) is 5.39. The van der Waals surface area contributed by atoms with E-state index in [4.69, 9.17) is 21.8 Å². The van der Waals surface area contributed by atoms with E-state index in [9.17, 15) is 0 Å². The molecule has 0 radical (unpaired) electrons. The molecule has 0 aromatic carbocycles. The maximum atomic E-state index is 8.93. The number of halogens is 1. The Labute approximate surface area is 94.1 Å². The van der Waals surface area contributed by atoms with Crippen LogP contribution in [0.3, 0.4) is 0 Å². The van der Waals surface area contributed by atoms with Crippen LogP contribution in [0.5, 0.6) is 0 Å². The van der Waals surface area contributed by atoms with Gasteiger partial charge in [0, 0.05) is 32.1 Å². The molecular formula is C10H15ClN2O2. The van der Waals surface area contributed by atoms with Gasteiger partial charge in [0.15, 0.2) is 0 Å². The fourth-order valence-corrected chi connectivity index (χ4v) is 1.60. The Morgan fingerprint density at radius 3 is 2.67 bits per heavy atom. The van der Waals surface area contributed by atoms with Gasteiger partial charge in [-0.3, -0.25) is 4.98 Å². The monoisotopic (exact) mass is 230 g/mol. The summed E-state index contributed by atoms with van der Waals surface area (Å²) in [4.78, 5) is 5.83. The molecule has 0 bridgehead atoms. The van der Waals surface area contributed by atoms with Crippen molar-refractivity contribution >= 4 is 17.3 Å². The maximum absolute atomic E-state index is 8.93. The molecule has 0 amide bonds. The molecule has 0 atom stereocenters. The molecule has 84 valence electrons. The molecule has 0 saturated carbocycles. The van der Waals surface area contributed by atoms with Crippen LogP contribution in [0.25, 0.3) is 0 Å². The molecule has 1 rings (SSSR count). The van der Waals surface area contributed by atoms with Crippen LogP contribution in [0.4, 0.5) is 5.69 Å². The second-order valence-corrected chi connectivity index (χ2v) is 3.52. The highest BCUT2D eigenvalue weighted by Gasteiger charge is 2.08. The molecule has 0 spiro atoms. The Balaban J connectivity index is 2.74. The number of aliphatic hydroxyl groups is 2. The molecule has 0 unspecified atom stereocenters. The first-order valence-corrected chi connectivity index (χ1v) is 5.23. The van der Waals surface area contributed by atoms with Crippen LogP contribution in [0.15, 0.2) is 18.5 Å². The van der Waals surface area contributed by atoms with E-state index in [1.54, 1.807) is 18.5 Å². The van der Waals surface area contributed by atoms with Gasteiger partial charge in [-0.2, -0.15) is 0 Å². The quantitative estimate of drug-likeness (QED) is 0.763. The maximum Gasteiger partial charge on any atom is 0.0822 e. The van der Waals surface area contributed by atoms with Crippen molar-refractivity contribution in [2.45, 2.75) is 6.42 Å². The molecule has 2 N–H and O–H groups in total. The topological polar surface area (TPSA) is 56.6 Å². The molecule has 1 aromatic rings. The fraction of sp³-hybridized carbons (Fsp3) is 0.500. The minimum absolute atomic E-state index is 0.0596. The van der Waals surface area contributed by atoms with Gasteiger partial charge in [-0.15, -0.1) is 0 Å². The minimum atomic E-state index is 0.0596. The van der Waals surface area contributed by atoms with Crippen molar-refractivity contribution in [3.8, 4) is 0 Å². The summed E-state index contributed by atoms with van der Waals surface area (Å²) in [6.45, 7) is 1.36. The molecule has 1 heterocycles. The van der Waals surface area contributed by atoms with Crippen molar-refractivity contribution in [2.75, 3.05) is 31.2 Å². The average Bonchev–Trinajstić information content (AvgIpc) is 2.25. The highest BCUT2D eigenvalue weighted by Crippen LogP contribution is 2.23. The molecule has 15 heavy (non-hydrogen) atoms. The lowest BCUT2D eigenvalue weighted by atomic mass is 10.3. The second kappa shape index (κ2) is 6.61. The highest BCUT2D eigenvalue weighted by atomic mass is 35.5. The zero-order chi connectivity index (χ0) is 11.1. The molecule has 4 nitrogen and oxygen atoms in total. The summed E-state index contributed by atoms with van der Waals surface area (Å²) in [6, 6.07) is 1.80. The summed E-state index contributed by atoms with van der Waals surface area (Å²) in [7, 11) is 0. The number of hydrogen-bond donors (Lipinski definition) is 2. The first-order chi connectivity index (χ1) is 7.29. The largest absolute Gasteiger partial charge is 0.396 e. The molecule has 0 saturated heterocycles. The van der Waals surface area contributed by atoms with Crippen molar-refractivity contribution in [2.24, 2.45) is 0 Å². The smallest absolute Gasteiger partial charge is 0.0822 e. The molecule has 0 aliphatic heterocycles. The van der Waals surface area contributed by atoms with Gasteiger partial charge in [-0.25, -0.2) is 0 Å². The lowest BCUT2D eigenvalue weighted by molar-refractivity contribution is 0.281. The zero-order valence-corrected chi connectivity index (χ0v) is 9.19. The van der Waals surface area contributed by atoms with Gasteiger partial charge in [-0.05, 0) is 12.5 Å². The predicted molar refractivity (Wildman–Crippen MR) is 60.2 cm³/mol. The average molecular weight is 231 g/mol. The number of anilines is 1. The van der Waals surface area contributed by atoms with E-state index in [1.807, 2.05) is 4.90 Å². The van der Waals surface area contributed by atoms with E-state index >= 15 is 0 Å². The first kappa shape index (κ1) is 12.2. The summed E-state index contributed by atoms with van der Waals surface area (Å²) < 4.78 is 0. The van der Waals surface area contributed by atoms with Crippen LogP contribution < -0.4 is 4.90 Å². The van der Waals surface area contributed by atoms with Gasteiger partial charge in [0.25, 0.3) is 0 Å². The van der Waals surface area contributed by atoms with Gasteiger partial charge >= 0.3 is 0 Å². The van der Waals surface area contributed by atoms with Crippen molar-refractivity contribution in [1.29, 1.82) is 0 Å². The SMILES string of the molecule is OCCCN(CCO)c1ccncc1Cl. The van der Waals surface area contributed by atoms with E-state index < -0.39 is 0 Å². The molecular weight excluding hydrogens is 216 g/mol. The van der Waals surface area contributed by atoms with Gasteiger partial charge in [-0.1, -0.05) is 11.6 Å². The fourth-order valence-electron chi connectivity index (χ4n) is 1.36. The molecule has 0 fully saturated rings.